The molecule has 2 aliphatic rings. The van der Waals surface area contributed by atoms with Crippen molar-refractivity contribution in [2.75, 3.05) is 19.5 Å². The summed E-state index contributed by atoms with van der Waals surface area (Å²) in [6.07, 6.45) is 11.2. The van der Waals surface area contributed by atoms with E-state index in [1.165, 1.54) is 25.2 Å². The van der Waals surface area contributed by atoms with Crippen molar-refractivity contribution >= 4 is 46.6 Å². The van der Waals surface area contributed by atoms with Gasteiger partial charge in [-0.05, 0) is 94.7 Å². The lowest BCUT2D eigenvalue weighted by Gasteiger charge is -2.17. The highest BCUT2D eigenvalue weighted by molar-refractivity contribution is 6.39. The number of hydrogen-bond donors (Lipinski definition) is 2. The highest BCUT2D eigenvalue weighted by Crippen LogP contribution is 2.35. The third-order valence-corrected chi connectivity index (χ3v) is 8.14. The fourth-order valence-electron chi connectivity index (χ4n) is 5.16. The molecule has 0 bridgehead atoms. The lowest BCUT2D eigenvalue weighted by molar-refractivity contribution is 0.102. The molecule has 2 fully saturated rings. The van der Waals surface area contributed by atoms with E-state index in [4.69, 9.17) is 47.9 Å². The summed E-state index contributed by atoms with van der Waals surface area (Å²) in [5.74, 6) is 2.18. The summed E-state index contributed by atoms with van der Waals surface area (Å²) in [4.78, 5) is 31.5. The van der Waals surface area contributed by atoms with Crippen molar-refractivity contribution in [1.82, 2.24) is 4.98 Å². The highest BCUT2D eigenvalue weighted by atomic mass is 35.5. The second kappa shape index (κ2) is 16.9. The molecule has 11 nitrogen and oxygen atoms in total. The van der Waals surface area contributed by atoms with Crippen molar-refractivity contribution in [2.24, 2.45) is 10.9 Å². The number of ether oxygens (including phenoxy) is 4. The molecule has 46 heavy (non-hydrogen) atoms. The quantitative estimate of drug-likeness (QED) is 0.126. The van der Waals surface area contributed by atoms with Crippen molar-refractivity contribution < 1.29 is 33.4 Å². The number of primary amides is 1. The number of nitrogens with two attached hydrogens (primary N) is 1. The Morgan fingerprint density at radius 2 is 1.28 bits per heavy atom. The van der Waals surface area contributed by atoms with Gasteiger partial charge in [-0.15, -0.1) is 0 Å². The molecular formula is C33H38Cl2N4O7. The maximum atomic E-state index is 12.6. The number of benzene rings is 2. The summed E-state index contributed by atoms with van der Waals surface area (Å²) in [6, 6.07) is 10.5. The summed E-state index contributed by atoms with van der Waals surface area (Å²) in [6.45, 7) is 1.73. The molecule has 3 aromatic rings. The van der Waals surface area contributed by atoms with E-state index in [0.29, 0.717) is 40.0 Å². The third kappa shape index (κ3) is 9.64. The number of rotatable bonds is 10. The molecule has 2 aromatic carbocycles. The molecule has 0 spiro atoms. The number of carbonyl (C=O) groups is 2. The van der Waals surface area contributed by atoms with E-state index in [1.54, 1.807) is 39.3 Å². The predicted octanol–water partition coefficient (Wildman–Crippen LogP) is 7.81. The number of hydrogen-bond acceptors (Lipinski definition) is 9. The fourth-order valence-corrected chi connectivity index (χ4v) is 5.62. The van der Waals surface area contributed by atoms with Crippen LogP contribution in [-0.4, -0.2) is 49.1 Å². The van der Waals surface area contributed by atoms with Crippen LogP contribution in [0.25, 0.3) is 0 Å². The Kier molecular flexibility index (Phi) is 12.7. The topological polar surface area (TPSA) is 144 Å². The van der Waals surface area contributed by atoms with Gasteiger partial charge < -0.3 is 30.0 Å². The number of oxime groups is 1. The lowest BCUT2D eigenvalue weighted by Crippen LogP contribution is -2.15. The van der Waals surface area contributed by atoms with Crippen LogP contribution in [0.3, 0.4) is 0 Å². The molecule has 1 heterocycles. The molecule has 0 unspecified atom stereocenters. The van der Waals surface area contributed by atoms with Crippen molar-refractivity contribution in [3.8, 4) is 23.0 Å². The van der Waals surface area contributed by atoms with Crippen LogP contribution < -0.4 is 30.0 Å². The van der Waals surface area contributed by atoms with Gasteiger partial charge in [0.25, 0.3) is 5.91 Å². The molecule has 13 heteroatoms. The van der Waals surface area contributed by atoms with Crippen molar-refractivity contribution in [3.05, 3.63) is 70.0 Å². The summed E-state index contributed by atoms with van der Waals surface area (Å²) < 4.78 is 22.7. The fraction of sp³-hybridized carbons (Fsp3) is 0.394. The van der Waals surface area contributed by atoms with Crippen LogP contribution in [0, 0.1) is 0 Å². The number of anilines is 1. The predicted molar refractivity (Wildman–Crippen MR) is 177 cm³/mol. The second-order valence-corrected chi connectivity index (χ2v) is 11.6. The molecule has 2 amide bonds. The van der Waals surface area contributed by atoms with Crippen molar-refractivity contribution in [3.63, 3.8) is 0 Å². The van der Waals surface area contributed by atoms with Crippen LogP contribution in [0.4, 0.5) is 10.5 Å². The molecule has 0 saturated heterocycles. The Bertz CT molecular complexity index is 1520. The first-order valence-electron chi connectivity index (χ1n) is 15.0. The average molecular weight is 674 g/mol. The number of carbonyl (C=O) groups excluding carboxylic acids is 2. The van der Waals surface area contributed by atoms with Gasteiger partial charge in [-0.1, -0.05) is 28.4 Å². The first-order chi connectivity index (χ1) is 22.2. The number of pyridine rings is 1. The van der Waals surface area contributed by atoms with E-state index in [0.717, 1.165) is 44.1 Å². The number of methoxy groups -OCH3 is 2. The Hall–Kier alpha value is -4.22. The minimum absolute atomic E-state index is 0.163. The zero-order valence-electron chi connectivity index (χ0n) is 26.0. The first kappa shape index (κ1) is 34.6. The molecule has 3 N–H and O–H groups in total. The van der Waals surface area contributed by atoms with Gasteiger partial charge in [-0.25, -0.2) is 4.79 Å². The highest BCUT2D eigenvalue weighted by Gasteiger charge is 2.21. The minimum atomic E-state index is -0.940. The van der Waals surface area contributed by atoms with Crippen LogP contribution in [0.15, 0.2) is 53.9 Å². The number of nitrogens with one attached hydrogen (secondary N) is 1. The molecule has 1 aromatic heterocycles. The number of aromatic nitrogens is 1. The molecule has 2 saturated carbocycles. The number of amides is 2. The normalized spacial score (nSPS) is 15.0. The zero-order valence-corrected chi connectivity index (χ0v) is 27.5. The smallest absolute Gasteiger partial charge is 0.430 e. The van der Waals surface area contributed by atoms with Crippen LogP contribution in [0.5, 0.6) is 23.0 Å². The second-order valence-electron chi connectivity index (χ2n) is 10.8. The Morgan fingerprint density at radius 1 is 0.804 bits per heavy atom. The van der Waals surface area contributed by atoms with E-state index < -0.39 is 6.09 Å². The molecular weight excluding hydrogens is 635 g/mol. The summed E-state index contributed by atoms with van der Waals surface area (Å²) in [5.41, 5.74) is 6.97. The van der Waals surface area contributed by atoms with Gasteiger partial charge in [0.05, 0.1) is 47.9 Å². The van der Waals surface area contributed by atoms with Crippen LogP contribution >= 0.6 is 23.2 Å². The van der Waals surface area contributed by atoms with Crippen LogP contribution in [-0.2, 0) is 4.84 Å². The molecule has 5 rings (SSSR count). The van der Waals surface area contributed by atoms with Gasteiger partial charge in [0.1, 0.15) is 0 Å². The van der Waals surface area contributed by atoms with Crippen LogP contribution in [0.1, 0.15) is 74.2 Å². The zero-order chi connectivity index (χ0) is 33.1. The standard InChI is InChI=1S/C18H18Cl2N2O3.C15H20N2O4/c1-24-15-7-6-11(8-16(15)25-12-4-2-3-5-12)18(23)22-17-13(19)9-21-10-14(17)20;1-10(17-21-15(16)18)11-7-8-13(19-2)14(9-11)20-12-5-3-4-6-12/h6-10,12H,2-5H2,1H3,(H,21,22,23);7-9,12H,3-6H2,1-2H3,(H2,16,18)/b;17-10+. The Morgan fingerprint density at radius 3 is 1.76 bits per heavy atom. The van der Waals surface area contributed by atoms with Crippen molar-refractivity contribution in [1.29, 1.82) is 0 Å². The van der Waals surface area contributed by atoms with Gasteiger partial charge in [-0.2, -0.15) is 0 Å². The average Bonchev–Trinajstić information content (AvgIpc) is 3.77. The SMILES string of the molecule is COc1ccc(/C(C)=N/OC(N)=O)cc1OC1CCCC1.COc1ccc(C(=O)Nc2c(Cl)cncc2Cl)cc1OC1CCCC1. The maximum absolute atomic E-state index is 12.6. The monoisotopic (exact) mass is 672 g/mol. The van der Waals surface area contributed by atoms with Gasteiger partial charge in [0.15, 0.2) is 23.0 Å². The molecule has 0 radical (unpaired) electrons. The van der Waals surface area contributed by atoms with E-state index in [9.17, 15) is 9.59 Å². The van der Waals surface area contributed by atoms with Crippen LogP contribution in [0.2, 0.25) is 10.0 Å². The van der Waals surface area contributed by atoms with Gasteiger partial charge in [0.2, 0.25) is 0 Å². The molecule has 0 atom stereocenters. The first-order valence-corrected chi connectivity index (χ1v) is 15.7. The molecule has 246 valence electrons. The Balaban J connectivity index is 0.000000212. The lowest BCUT2D eigenvalue weighted by atomic mass is 10.1. The Labute approximate surface area is 278 Å². The molecule has 2 aliphatic carbocycles. The summed E-state index contributed by atoms with van der Waals surface area (Å²) >= 11 is 12.1. The van der Waals surface area contributed by atoms with E-state index in [2.05, 4.69) is 20.3 Å². The number of nitrogens with zero attached hydrogens (tertiary/aromatic N) is 2. The third-order valence-electron chi connectivity index (χ3n) is 7.56. The van der Waals surface area contributed by atoms with Gasteiger partial charge >= 0.3 is 6.09 Å². The number of halogens is 2. The van der Waals surface area contributed by atoms with Gasteiger partial charge in [0, 0.05) is 23.5 Å². The van der Waals surface area contributed by atoms with E-state index in [1.807, 2.05) is 18.2 Å². The van der Waals surface area contributed by atoms with E-state index in [-0.39, 0.29) is 28.2 Å². The summed E-state index contributed by atoms with van der Waals surface area (Å²) in [5, 5.41) is 6.93. The maximum Gasteiger partial charge on any atom is 0.430 e. The molecule has 0 aliphatic heterocycles. The summed E-state index contributed by atoms with van der Waals surface area (Å²) in [7, 11) is 3.18. The van der Waals surface area contributed by atoms with Gasteiger partial charge in [-0.3, -0.25) is 14.6 Å². The van der Waals surface area contributed by atoms with E-state index >= 15 is 0 Å². The minimum Gasteiger partial charge on any atom is -0.493 e. The largest absolute Gasteiger partial charge is 0.493 e. The van der Waals surface area contributed by atoms with Crippen molar-refractivity contribution in [2.45, 2.75) is 70.5 Å².